The Morgan fingerprint density at radius 1 is 1.57 bits per heavy atom. The second-order valence-corrected chi connectivity index (χ2v) is 4.72. The van der Waals surface area contributed by atoms with Crippen molar-refractivity contribution < 1.29 is 4.79 Å². The number of nitrogens with one attached hydrogen (secondary N) is 1. The summed E-state index contributed by atoms with van der Waals surface area (Å²) in [5.41, 5.74) is 5.56. The summed E-state index contributed by atoms with van der Waals surface area (Å²) < 4.78 is 0. The molecule has 14 heavy (non-hydrogen) atoms. The molecule has 3 heteroatoms. The highest BCUT2D eigenvalue weighted by Crippen LogP contribution is 2.23. The van der Waals surface area contributed by atoms with Crippen LogP contribution >= 0.6 is 0 Å². The van der Waals surface area contributed by atoms with Crippen LogP contribution in [0.25, 0.3) is 0 Å². The van der Waals surface area contributed by atoms with Crippen LogP contribution in [0.4, 0.5) is 0 Å². The minimum Gasteiger partial charge on any atom is -0.353 e. The van der Waals surface area contributed by atoms with Crippen LogP contribution in [0.5, 0.6) is 0 Å². The Hall–Kier alpha value is -0.570. The molecule has 1 fully saturated rings. The van der Waals surface area contributed by atoms with Crippen molar-refractivity contribution in [2.24, 2.45) is 11.7 Å². The van der Waals surface area contributed by atoms with Gasteiger partial charge in [-0.1, -0.05) is 19.8 Å². The van der Waals surface area contributed by atoms with Gasteiger partial charge >= 0.3 is 0 Å². The first-order valence-electron chi connectivity index (χ1n) is 5.63. The molecule has 0 radical (unpaired) electrons. The van der Waals surface area contributed by atoms with Crippen LogP contribution in [0.3, 0.4) is 0 Å². The van der Waals surface area contributed by atoms with Gasteiger partial charge in [0, 0.05) is 18.5 Å². The molecule has 1 aliphatic carbocycles. The van der Waals surface area contributed by atoms with Crippen molar-refractivity contribution in [3.8, 4) is 0 Å². The number of hydrogen-bond acceptors (Lipinski definition) is 2. The average molecular weight is 198 g/mol. The number of rotatable bonds is 3. The van der Waals surface area contributed by atoms with Gasteiger partial charge in [-0.25, -0.2) is 0 Å². The summed E-state index contributed by atoms with van der Waals surface area (Å²) in [5.74, 6) is 0.864. The van der Waals surface area contributed by atoms with Gasteiger partial charge in [-0.3, -0.25) is 4.79 Å². The first-order valence-corrected chi connectivity index (χ1v) is 5.63. The Labute approximate surface area is 86.4 Å². The topological polar surface area (TPSA) is 55.1 Å². The van der Waals surface area contributed by atoms with E-state index in [0.717, 1.165) is 18.8 Å². The van der Waals surface area contributed by atoms with Gasteiger partial charge in [-0.05, 0) is 25.7 Å². The molecule has 0 heterocycles. The minimum absolute atomic E-state index is 0.0315. The van der Waals surface area contributed by atoms with E-state index < -0.39 is 0 Å². The first kappa shape index (κ1) is 11.5. The van der Waals surface area contributed by atoms with Gasteiger partial charge < -0.3 is 11.1 Å². The van der Waals surface area contributed by atoms with Crippen LogP contribution in [0.1, 0.15) is 46.0 Å². The molecule has 1 saturated carbocycles. The monoisotopic (exact) mass is 198 g/mol. The summed E-state index contributed by atoms with van der Waals surface area (Å²) in [6.45, 7) is 4.12. The summed E-state index contributed by atoms with van der Waals surface area (Å²) in [4.78, 5) is 11.4. The van der Waals surface area contributed by atoms with Gasteiger partial charge in [0.25, 0.3) is 0 Å². The fourth-order valence-electron chi connectivity index (χ4n) is 2.14. The summed E-state index contributed by atoms with van der Waals surface area (Å²) in [7, 11) is 0. The number of carbonyl (C=O) groups excluding carboxylic acids is 1. The van der Waals surface area contributed by atoms with Crippen molar-refractivity contribution in [3.05, 3.63) is 0 Å². The van der Waals surface area contributed by atoms with Gasteiger partial charge in [-0.2, -0.15) is 0 Å². The van der Waals surface area contributed by atoms with Crippen molar-refractivity contribution in [1.82, 2.24) is 5.32 Å². The van der Waals surface area contributed by atoms with E-state index in [9.17, 15) is 4.79 Å². The third kappa shape index (κ3) is 4.09. The van der Waals surface area contributed by atoms with E-state index in [1.165, 1.54) is 12.8 Å². The van der Waals surface area contributed by atoms with Crippen molar-refractivity contribution >= 4 is 5.91 Å². The molecule has 3 unspecified atom stereocenters. The Kier molecular flexibility index (Phi) is 4.39. The lowest BCUT2D eigenvalue weighted by atomic mass is 9.87. The van der Waals surface area contributed by atoms with Crippen molar-refractivity contribution in [2.45, 2.75) is 58.0 Å². The van der Waals surface area contributed by atoms with Crippen LogP contribution in [-0.4, -0.2) is 18.0 Å². The normalized spacial score (nSPS) is 29.6. The molecule has 3 nitrogen and oxygen atoms in total. The highest BCUT2D eigenvalue weighted by atomic mass is 16.1. The Morgan fingerprint density at radius 3 is 2.86 bits per heavy atom. The van der Waals surface area contributed by atoms with E-state index in [1.807, 2.05) is 6.92 Å². The molecule has 3 N–H and O–H groups in total. The molecule has 1 amide bonds. The van der Waals surface area contributed by atoms with Gasteiger partial charge in [0.15, 0.2) is 0 Å². The van der Waals surface area contributed by atoms with E-state index in [4.69, 9.17) is 5.73 Å². The van der Waals surface area contributed by atoms with Crippen LogP contribution in [0.15, 0.2) is 0 Å². The molecular weight excluding hydrogens is 176 g/mol. The number of hydrogen-bond donors (Lipinski definition) is 2. The fraction of sp³-hybridized carbons (Fsp3) is 0.909. The van der Waals surface area contributed by atoms with Crippen LogP contribution < -0.4 is 11.1 Å². The third-order valence-electron chi connectivity index (χ3n) is 2.81. The number of nitrogens with two attached hydrogens (primary N) is 1. The molecule has 82 valence electrons. The molecule has 0 bridgehead atoms. The van der Waals surface area contributed by atoms with Gasteiger partial charge in [0.2, 0.25) is 5.91 Å². The molecule has 1 aliphatic rings. The van der Waals surface area contributed by atoms with Crippen molar-refractivity contribution in [2.75, 3.05) is 0 Å². The van der Waals surface area contributed by atoms with Crippen LogP contribution in [-0.2, 0) is 4.79 Å². The van der Waals surface area contributed by atoms with E-state index in [2.05, 4.69) is 12.2 Å². The van der Waals surface area contributed by atoms with Crippen LogP contribution in [0, 0.1) is 5.92 Å². The predicted molar refractivity (Wildman–Crippen MR) is 57.8 cm³/mol. The minimum atomic E-state index is -0.0315. The van der Waals surface area contributed by atoms with Gasteiger partial charge in [0.05, 0.1) is 0 Å². The lowest BCUT2D eigenvalue weighted by Gasteiger charge is -2.27. The maximum atomic E-state index is 11.4. The zero-order valence-corrected chi connectivity index (χ0v) is 9.25. The Morgan fingerprint density at radius 2 is 2.29 bits per heavy atom. The SMILES string of the molecule is CC(N)CC(=O)NC1CCCC(C)C1. The summed E-state index contributed by atoms with van der Waals surface area (Å²) in [6.07, 6.45) is 5.26. The first-order chi connectivity index (χ1) is 6.58. The molecule has 0 saturated heterocycles. The second-order valence-electron chi connectivity index (χ2n) is 4.72. The summed E-state index contributed by atoms with van der Waals surface area (Å²) in [6, 6.07) is 0.362. The third-order valence-corrected chi connectivity index (χ3v) is 2.81. The molecule has 0 aromatic rings. The molecule has 0 aromatic heterocycles. The highest BCUT2D eigenvalue weighted by molar-refractivity contribution is 5.76. The standard InChI is InChI=1S/C11H22N2O/c1-8-4-3-5-10(6-8)13-11(14)7-9(2)12/h8-10H,3-7,12H2,1-2H3,(H,13,14). The lowest BCUT2D eigenvalue weighted by molar-refractivity contribution is -0.122. The number of carbonyl (C=O) groups is 1. The van der Waals surface area contributed by atoms with Gasteiger partial charge in [0.1, 0.15) is 0 Å². The molecule has 1 rings (SSSR count). The predicted octanol–water partition coefficient (Wildman–Crippen LogP) is 1.42. The Bertz CT molecular complexity index is 192. The summed E-state index contributed by atoms with van der Waals surface area (Å²) in [5, 5.41) is 3.06. The summed E-state index contributed by atoms with van der Waals surface area (Å²) >= 11 is 0. The fourth-order valence-corrected chi connectivity index (χ4v) is 2.14. The molecular formula is C11H22N2O. The van der Waals surface area contributed by atoms with Crippen LogP contribution in [0.2, 0.25) is 0 Å². The molecule has 3 atom stereocenters. The molecule has 0 aromatic carbocycles. The van der Waals surface area contributed by atoms with Gasteiger partial charge in [-0.15, -0.1) is 0 Å². The largest absolute Gasteiger partial charge is 0.353 e. The smallest absolute Gasteiger partial charge is 0.221 e. The zero-order valence-electron chi connectivity index (χ0n) is 9.25. The number of amides is 1. The average Bonchev–Trinajstić information content (AvgIpc) is 2.01. The van der Waals surface area contributed by atoms with E-state index >= 15 is 0 Å². The second kappa shape index (κ2) is 5.35. The van der Waals surface area contributed by atoms with E-state index in [1.54, 1.807) is 0 Å². The van der Waals surface area contributed by atoms with Crippen molar-refractivity contribution in [1.29, 1.82) is 0 Å². The maximum absolute atomic E-state index is 11.4. The zero-order chi connectivity index (χ0) is 10.6. The molecule has 0 spiro atoms. The van der Waals surface area contributed by atoms with Crippen molar-refractivity contribution in [3.63, 3.8) is 0 Å². The Balaban J connectivity index is 2.25. The van der Waals surface area contributed by atoms with E-state index in [-0.39, 0.29) is 11.9 Å². The quantitative estimate of drug-likeness (QED) is 0.720. The molecule has 0 aliphatic heterocycles. The highest BCUT2D eigenvalue weighted by Gasteiger charge is 2.20. The van der Waals surface area contributed by atoms with E-state index in [0.29, 0.717) is 12.5 Å². The lowest BCUT2D eigenvalue weighted by Crippen LogP contribution is -2.40. The maximum Gasteiger partial charge on any atom is 0.221 e.